The monoisotopic (exact) mass is 519 g/mol. The Bertz CT molecular complexity index is 573. The summed E-state index contributed by atoms with van der Waals surface area (Å²) in [5.41, 5.74) is -0.812. The van der Waals surface area contributed by atoms with Crippen molar-refractivity contribution in [2.24, 2.45) is 4.99 Å². The van der Waals surface area contributed by atoms with Gasteiger partial charge in [0, 0.05) is 37.5 Å². The Morgan fingerprint density at radius 3 is 2.63 bits per heavy atom. The summed E-state index contributed by atoms with van der Waals surface area (Å²) < 4.78 is 37.7. The van der Waals surface area contributed by atoms with Gasteiger partial charge in [0.1, 0.15) is 0 Å². The van der Waals surface area contributed by atoms with E-state index in [1.54, 1.807) is 0 Å². The van der Waals surface area contributed by atoms with Gasteiger partial charge in [-0.15, -0.1) is 35.3 Å². The molecule has 0 radical (unpaired) electrons. The normalized spacial score (nSPS) is 15.9. The molecule has 1 saturated carbocycles. The Morgan fingerprint density at radius 2 is 2.04 bits per heavy atom. The molecule has 0 atom stereocenters. The van der Waals surface area contributed by atoms with Crippen LogP contribution in [0.5, 0.6) is 0 Å². The topological polar surface area (TPSA) is 52.6 Å². The van der Waals surface area contributed by atoms with E-state index in [2.05, 4.69) is 32.6 Å². The van der Waals surface area contributed by atoms with Crippen LogP contribution in [0.3, 0.4) is 0 Å². The molecular formula is C17H29F3IN5S. The predicted octanol–water partition coefficient (Wildman–Crippen LogP) is 3.75. The number of hydrogen-bond acceptors (Lipinski definition) is 4. The van der Waals surface area contributed by atoms with Gasteiger partial charge in [0.25, 0.3) is 0 Å². The van der Waals surface area contributed by atoms with E-state index in [0.29, 0.717) is 36.5 Å². The molecule has 1 aromatic rings. The van der Waals surface area contributed by atoms with Crippen LogP contribution in [0.4, 0.5) is 13.2 Å². The highest BCUT2D eigenvalue weighted by molar-refractivity contribution is 14.0. The van der Waals surface area contributed by atoms with Crippen LogP contribution in [0.2, 0.25) is 0 Å². The molecule has 1 aromatic heterocycles. The molecule has 27 heavy (non-hydrogen) atoms. The van der Waals surface area contributed by atoms with Crippen LogP contribution in [0.25, 0.3) is 0 Å². The fraction of sp³-hybridized carbons (Fsp3) is 0.765. The molecule has 1 fully saturated rings. The lowest BCUT2D eigenvalue weighted by atomic mass is 10.2. The first kappa shape index (κ1) is 24.4. The Labute approximate surface area is 180 Å². The Kier molecular flexibility index (Phi) is 10.9. The van der Waals surface area contributed by atoms with Crippen molar-refractivity contribution in [1.29, 1.82) is 0 Å². The van der Waals surface area contributed by atoms with Gasteiger partial charge < -0.3 is 15.5 Å². The lowest BCUT2D eigenvalue weighted by Gasteiger charge is -2.23. The zero-order valence-electron chi connectivity index (χ0n) is 15.8. The van der Waals surface area contributed by atoms with Gasteiger partial charge in [-0.25, -0.2) is 4.98 Å². The van der Waals surface area contributed by atoms with Crippen LogP contribution in [-0.2, 0) is 12.6 Å². The number of hydrogen-bond donors (Lipinski definition) is 2. The summed E-state index contributed by atoms with van der Waals surface area (Å²) >= 11 is 1.04. The largest absolute Gasteiger partial charge is 0.434 e. The van der Waals surface area contributed by atoms with Crippen molar-refractivity contribution >= 4 is 41.3 Å². The number of halogens is 4. The number of alkyl halides is 3. The number of nitrogens with one attached hydrogen (secondary N) is 2. The maximum atomic E-state index is 12.6. The lowest BCUT2D eigenvalue weighted by Crippen LogP contribution is -2.39. The van der Waals surface area contributed by atoms with Gasteiger partial charge in [-0.2, -0.15) is 13.2 Å². The zero-order chi connectivity index (χ0) is 19.0. The van der Waals surface area contributed by atoms with Crippen LogP contribution in [-0.4, -0.2) is 55.1 Å². The molecule has 0 spiro atoms. The minimum Gasteiger partial charge on any atom is -0.357 e. The second-order valence-electron chi connectivity index (χ2n) is 6.48. The number of likely N-dealkylation sites (N-methyl/N-ethyl adjacent to an activating group) is 1. The third kappa shape index (κ3) is 8.51. The van der Waals surface area contributed by atoms with Crippen molar-refractivity contribution < 1.29 is 13.2 Å². The summed E-state index contributed by atoms with van der Waals surface area (Å²) in [7, 11) is 2.15. The molecule has 0 aliphatic heterocycles. The highest BCUT2D eigenvalue weighted by atomic mass is 127. The second kappa shape index (κ2) is 12.1. The van der Waals surface area contributed by atoms with Gasteiger partial charge in [-0.05, 0) is 26.8 Å². The van der Waals surface area contributed by atoms with Crippen molar-refractivity contribution in [3.63, 3.8) is 0 Å². The summed E-state index contributed by atoms with van der Waals surface area (Å²) in [6.07, 6.45) is 1.24. The number of nitrogens with zero attached hydrogens (tertiary/aromatic N) is 3. The summed E-state index contributed by atoms with van der Waals surface area (Å²) in [6.45, 7) is 4.81. The minimum absolute atomic E-state index is 0. The summed E-state index contributed by atoms with van der Waals surface area (Å²) in [5.74, 6) is 0.694. The van der Waals surface area contributed by atoms with Crippen molar-refractivity contribution in [2.75, 3.05) is 33.2 Å². The quantitative estimate of drug-likeness (QED) is 0.312. The maximum absolute atomic E-state index is 12.6. The molecule has 2 rings (SSSR count). The van der Waals surface area contributed by atoms with E-state index < -0.39 is 11.9 Å². The molecule has 2 N–H and O–H groups in total. The molecule has 1 heterocycles. The van der Waals surface area contributed by atoms with Crippen LogP contribution < -0.4 is 10.6 Å². The van der Waals surface area contributed by atoms with E-state index in [-0.39, 0.29) is 24.0 Å². The molecule has 0 amide bonds. The molecule has 0 unspecified atom stereocenters. The first-order chi connectivity index (χ1) is 12.4. The lowest BCUT2D eigenvalue weighted by molar-refractivity contribution is -0.140. The number of guanidine groups is 1. The fourth-order valence-corrected chi connectivity index (χ4v) is 3.84. The standard InChI is InChI=1S/C17H28F3N5S.HI/c1-3-21-16(23-10-11-25(2)13-6-4-5-7-13)22-9-8-15-24-14(12-26-15)17(18,19)20;/h12-13H,3-11H2,1-2H3,(H2,21,22,23);1H. The van der Waals surface area contributed by atoms with Gasteiger partial charge in [-0.3, -0.25) is 4.99 Å². The van der Waals surface area contributed by atoms with Gasteiger partial charge in [0.05, 0.1) is 11.6 Å². The summed E-state index contributed by atoms with van der Waals surface area (Å²) in [4.78, 5) is 10.6. The molecule has 0 aromatic carbocycles. The molecule has 156 valence electrons. The number of aromatic nitrogens is 1. The van der Waals surface area contributed by atoms with E-state index in [1.165, 1.54) is 25.7 Å². The van der Waals surface area contributed by atoms with E-state index in [9.17, 15) is 13.2 Å². The van der Waals surface area contributed by atoms with Crippen molar-refractivity contribution in [3.8, 4) is 0 Å². The summed E-state index contributed by atoms with van der Waals surface area (Å²) in [5, 5.41) is 7.87. The summed E-state index contributed by atoms with van der Waals surface area (Å²) in [6, 6.07) is 0.675. The SMILES string of the molecule is CCNC(=NCCN(C)C1CCCC1)NCCc1nc(C(F)(F)F)cs1.I. The number of aliphatic imine (C=N–C) groups is 1. The molecular weight excluding hydrogens is 490 g/mol. The van der Waals surface area contributed by atoms with E-state index in [1.807, 2.05) is 6.92 Å². The Balaban J connectivity index is 0.00000364. The van der Waals surface area contributed by atoms with E-state index in [4.69, 9.17) is 0 Å². The molecule has 5 nitrogen and oxygen atoms in total. The first-order valence-electron chi connectivity index (χ1n) is 9.14. The minimum atomic E-state index is -4.37. The van der Waals surface area contributed by atoms with Crippen LogP contribution in [0, 0.1) is 0 Å². The Morgan fingerprint density at radius 1 is 1.33 bits per heavy atom. The highest BCUT2D eigenvalue weighted by Gasteiger charge is 2.33. The van der Waals surface area contributed by atoms with Gasteiger partial charge in [0.15, 0.2) is 11.7 Å². The number of thiazole rings is 1. The van der Waals surface area contributed by atoms with Gasteiger partial charge in [0.2, 0.25) is 0 Å². The van der Waals surface area contributed by atoms with Gasteiger partial charge in [-0.1, -0.05) is 12.8 Å². The molecule has 1 aliphatic carbocycles. The Hall–Kier alpha value is -0.620. The average molecular weight is 519 g/mol. The van der Waals surface area contributed by atoms with Crippen LogP contribution in [0.1, 0.15) is 43.3 Å². The third-order valence-corrected chi connectivity index (χ3v) is 5.40. The van der Waals surface area contributed by atoms with E-state index >= 15 is 0 Å². The number of rotatable bonds is 8. The van der Waals surface area contributed by atoms with Crippen molar-refractivity contribution in [2.45, 2.75) is 51.2 Å². The molecule has 0 bridgehead atoms. The highest BCUT2D eigenvalue weighted by Crippen LogP contribution is 2.30. The van der Waals surface area contributed by atoms with Crippen molar-refractivity contribution in [3.05, 3.63) is 16.1 Å². The average Bonchev–Trinajstić information content (AvgIpc) is 3.26. The fourth-order valence-electron chi connectivity index (χ4n) is 3.03. The smallest absolute Gasteiger partial charge is 0.357 e. The van der Waals surface area contributed by atoms with Crippen LogP contribution in [0.15, 0.2) is 10.4 Å². The molecule has 1 aliphatic rings. The van der Waals surface area contributed by atoms with Gasteiger partial charge >= 0.3 is 6.18 Å². The van der Waals surface area contributed by atoms with E-state index in [0.717, 1.165) is 29.8 Å². The zero-order valence-corrected chi connectivity index (χ0v) is 19.0. The third-order valence-electron chi connectivity index (χ3n) is 4.49. The predicted molar refractivity (Wildman–Crippen MR) is 115 cm³/mol. The molecule has 0 saturated heterocycles. The molecule has 10 heteroatoms. The first-order valence-corrected chi connectivity index (χ1v) is 10.0. The second-order valence-corrected chi connectivity index (χ2v) is 7.42. The van der Waals surface area contributed by atoms with Crippen molar-refractivity contribution in [1.82, 2.24) is 20.5 Å². The maximum Gasteiger partial charge on any atom is 0.434 e. The van der Waals surface area contributed by atoms with Crippen LogP contribution >= 0.6 is 35.3 Å².